The van der Waals surface area contributed by atoms with Gasteiger partial charge in [-0.05, 0) is 47.5 Å². The highest BCUT2D eigenvalue weighted by atomic mass is 32.2. The third kappa shape index (κ3) is 4.29. The molecule has 0 aliphatic carbocycles. The molecule has 0 saturated heterocycles. The monoisotopic (exact) mass is 366 g/mol. The molecule has 26 heavy (non-hydrogen) atoms. The molecule has 1 aromatic heterocycles. The smallest absolute Gasteiger partial charge is 0.261 e. The molecule has 0 bridgehead atoms. The van der Waals surface area contributed by atoms with Gasteiger partial charge in [-0.1, -0.05) is 36.4 Å². The highest BCUT2D eigenvalue weighted by Gasteiger charge is 2.15. The summed E-state index contributed by atoms with van der Waals surface area (Å²) in [5.41, 5.74) is 2.19. The van der Waals surface area contributed by atoms with Gasteiger partial charge < -0.3 is 4.74 Å². The van der Waals surface area contributed by atoms with E-state index in [2.05, 4.69) is 9.71 Å². The summed E-state index contributed by atoms with van der Waals surface area (Å²) in [7, 11) is -2.16. The molecule has 5 nitrogen and oxygen atoms in total. The Morgan fingerprint density at radius 2 is 1.73 bits per heavy atom. The Kier molecular flexibility index (Phi) is 5.34. The van der Waals surface area contributed by atoms with Crippen molar-refractivity contribution in [3.8, 4) is 5.75 Å². The van der Waals surface area contributed by atoms with Gasteiger partial charge in [-0.25, -0.2) is 8.42 Å². The maximum atomic E-state index is 12.6. The van der Waals surface area contributed by atoms with E-state index in [-0.39, 0.29) is 4.90 Å². The zero-order valence-corrected chi connectivity index (χ0v) is 15.0. The SMILES string of the molecule is COc1ccc(S(=O)(=O)Nc2ccccc2C=Cc2cccnc2)cc1. The van der Waals surface area contributed by atoms with Crippen molar-refractivity contribution in [2.24, 2.45) is 0 Å². The zero-order chi connectivity index (χ0) is 18.4. The highest BCUT2D eigenvalue weighted by molar-refractivity contribution is 7.92. The summed E-state index contributed by atoms with van der Waals surface area (Å²) in [6, 6.07) is 17.2. The van der Waals surface area contributed by atoms with E-state index in [4.69, 9.17) is 4.74 Å². The Labute approximate surface area is 153 Å². The number of benzene rings is 2. The van der Waals surface area contributed by atoms with Gasteiger partial charge in [0, 0.05) is 12.4 Å². The lowest BCUT2D eigenvalue weighted by Crippen LogP contribution is -2.13. The molecule has 0 fully saturated rings. The molecular weight excluding hydrogens is 348 g/mol. The van der Waals surface area contributed by atoms with Crippen LogP contribution in [0, 0.1) is 0 Å². The van der Waals surface area contributed by atoms with Crippen LogP contribution in [-0.4, -0.2) is 20.5 Å². The van der Waals surface area contributed by atoms with E-state index in [9.17, 15) is 8.42 Å². The molecule has 6 heteroatoms. The van der Waals surface area contributed by atoms with Gasteiger partial charge in [0.1, 0.15) is 5.75 Å². The molecule has 3 aromatic rings. The van der Waals surface area contributed by atoms with Gasteiger partial charge in [0.25, 0.3) is 10.0 Å². The van der Waals surface area contributed by atoms with E-state index in [1.54, 1.807) is 36.7 Å². The Balaban J connectivity index is 1.86. The molecule has 1 heterocycles. The summed E-state index contributed by atoms with van der Waals surface area (Å²) in [6.45, 7) is 0. The largest absolute Gasteiger partial charge is 0.497 e. The molecule has 0 spiro atoms. The van der Waals surface area contributed by atoms with Crippen LogP contribution in [0.15, 0.2) is 78.0 Å². The number of rotatable bonds is 6. The van der Waals surface area contributed by atoms with Crippen molar-refractivity contribution in [3.05, 3.63) is 84.2 Å². The molecule has 0 unspecified atom stereocenters. The predicted octanol–water partition coefficient (Wildman–Crippen LogP) is 4.06. The highest BCUT2D eigenvalue weighted by Crippen LogP contribution is 2.23. The topological polar surface area (TPSA) is 68.3 Å². The molecule has 1 N–H and O–H groups in total. The summed E-state index contributed by atoms with van der Waals surface area (Å²) in [5.74, 6) is 0.601. The summed E-state index contributed by atoms with van der Waals surface area (Å²) in [6.07, 6.45) is 7.17. The minimum absolute atomic E-state index is 0.171. The van der Waals surface area contributed by atoms with Crippen LogP contribution in [0.4, 0.5) is 5.69 Å². The van der Waals surface area contributed by atoms with Crippen LogP contribution >= 0.6 is 0 Å². The van der Waals surface area contributed by atoms with Gasteiger partial charge in [-0.3, -0.25) is 9.71 Å². The van der Waals surface area contributed by atoms with E-state index in [1.165, 1.54) is 19.2 Å². The number of hydrogen-bond donors (Lipinski definition) is 1. The molecule has 0 aliphatic heterocycles. The van der Waals surface area contributed by atoms with Gasteiger partial charge in [0.05, 0.1) is 17.7 Å². The molecule has 3 rings (SSSR count). The standard InChI is InChI=1S/C20H18N2O3S/c1-25-18-10-12-19(13-11-18)26(23,24)22-20-7-3-2-6-17(20)9-8-16-5-4-14-21-15-16/h2-15,22H,1H3. The molecule has 0 saturated carbocycles. The van der Waals surface area contributed by atoms with E-state index in [0.29, 0.717) is 11.4 Å². The fourth-order valence-electron chi connectivity index (χ4n) is 2.35. The van der Waals surface area contributed by atoms with Crippen molar-refractivity contribution in [3.63, 3.8) is 0 Å². The fourth-order valence-corrected chi connectivity index (χ4v) is 3.44. The number of ether oxygens (including phenoxy) is 1. The average Bonchev–Trinajstić information content (AvgIpc) is 2.68. The van der Waals surface area contributed by atoms with Crippen molar-refractivity contribution in [1.82, 2.24) is 4.98 Å². The number of para-hydroxylation sites is 1. The lowest BCUT2D eigenvalue weighted by molar-refractivity contribution is 0.414. The van der Waals surface area contributed by atoms with Gasteiger partial charge in [-0.15, -0.1) is 0 Å². The number of nitrogens with one attached hydrogen (secondary N) is 1. The molecule has 0 atom stereocenters. The van der Waals surface area contributed by atoms with Crippen LogP contribution in [-0.2, 0) is 10.0 Å². The Bertz CT molecular complexity index is 999. The van der Waals surface area contributed by atoms with Crippen molar-refractivity contribution in [1.29, 1.82) is 0 Å². The van der Waals surface area contributed by atoms with Crippen molar-refractivity contribution in [2.75, 3.05) is 11.8 Å². The summed E-state index contributed by atoms with van der Waals surface area (Å²) >= 11 is 0. The van der Waals surface area contributed by atoms with Crippen molar-refractivity contribution in [2.45, 2.75) is 4.90 Å². The Morgan fingerprint density at radius 3 is 2.42 bits per heavy atom. The number of pyridine rings is 1. The van der Waals surface area contributed by atoms with Gasteiger partial charge in [-0.2, -0.15) is 0 Å². The molecule has 132 valence electrons. The van der Waals surface area contributed by atoms with Gasteiger partial charge in [0.2, 0.25) is 0 Å². The number of hydrogen-bond acceptors (Lipinski definition) is 4. The lowest BCUT2D eigenvalue weighted by Gasteiger charge is -2.11. The maximum Gasteiger partial charge on any atom is 0.261 e. The predicted molar refractivity (Wildman–Crippen MR) is 103 cm³/mol. The minimum atomic E-state index is -3.70. The molecule has 0 aliphatic rings. The van der Waals surface area contributed by atoms with E-state index in [1.807, 2.05) is 36.4 Å². The van der Waals surface area contributed by atoms with Crippen LogP contribution in [0.25, 0.3) is 12.2 Å². The number of aromatic nitrogens is 1. The third-order valence-corrected chi connectivity index (χ3v) is 5.10. The van der Waals surface area contributed by atoms with Crippen LogP contribution in [0.2, 0.25) is 0 Å². The van der Waals surface area contributed by atoms with E-state index >= 15 is 0 Å². The van der Waals surface area contributed by atoms with Crippen molar-refractivity contribution < 1.29 is 13.2 Å². The summed E-state index contributed by atoms with van der Waals surface area (Å²) < 4.78 is 33.0. The summed E-state index contributed by atoms with van der Waals surface area (Å²) in [4.78, 5) is 4.23. The molecule has 0 radical (unpaired) electrons. The summed E-state index contributed by atoms with van der Waals surface area (Å²) in [5, 5.41) is 0. The first-order chi connectivity index (χ1) is 12.6. The molecular formula is C20H18N2O3S. The Morgan fingerprint density at radius 1 is 0.962 bits per heavy atom. The third-order valence-electron chi connectivity index (χ3n) is 3.71. The lowest BCUT2D eigenvalue weighted by atomic mass is 10.1. The number of nitrogens with zero attached hydrogens (tertiary/aromatic N) is 1. The van der Waals surface area contributed by atoms with Crippen molar-refractivity contribution >= 4 is 27.9 Å². The second-order valence-corrected chi connectivity index (χ2v) is 7.17. The van der Waals surface area contributed by atoms with Gasteiger partial charge >= 0.3 is 0 Å². The number of sulfonamides is 1. The molecule has 0 amide bonds. The Hall–Kier alpha value is -3.12. The maximum absolute atomic E-state index is 12.6. The normalized spacial score (nSPS) is 11.4. The first-order valence-electron chi connectivity index (χ1n) is 7.92. The first kappa shape index (κ1) is 17.7. The average molecular weight is 366 g/mol. The van der Waals surface area contributed by atoms with E-state index in [0.717, 1.165) is 11.1 Å². The molecule has 2 aromatic carbocycles. The van der Waals surface area contributed by atoms with Crippen LogP contribution < -0.4 is 9.46 Å². The van der Waals surface area contributed by atoms with Crippen LogP contribution in [0.1, 0.15) is 11.1 Å². The van der Waals surface area contributed by atoms with Crippen LogP contribution in [0.3, 0.4) is 0 Å². The minimum Gasteiger partial charge on any atom is -0.497 e. The zero-order valence-electron chi connectivity index (χ0n) is 14.2. The second kappa shape index (κ2) is 7.84. The number of methoxy groups -OCH3 is 1. The quantitative estimate of drug-likeness (QED) is 0.714. The first-order valence-corrected chi connectivity index (χ1v) is 9.41. The second-order valence-electron chi connectivity index (χ2n) is 5.49. The fraction of sp³-hybridized carbons (Fsp3) is 0.0500. The van der Waals surface area contributed by atoms with Gasteiger partial charge in [0.15, 0.2) is 0 Å². The van der Waals surface area contributed by atoms with Crippen LogP contribution in [0.5, 0.6) is 5.75 Å². The van der Waals surface area contributed by atoms with E-state index < -0.39 is 10.0 Å². The number of anilines is 1.